The molecular formula is C26H31N3O2. The molecule has 2 aromatic rings. The average Bonchev–Trinajstić information content (AvgIpc) is 2.97. The minimum atomic E-state index is -0.685. The first kappa shape index (κ1) is 21.3. The molecule has 0 bridgehead atoms. The number of piperidine rings is 1. The number of carbonyl (C=O) groups is 2. The van der Waals surface area contributed by atoms with Crippen molar-refractivity contribution in [2.45, 2.75) is 38.8 Å². The van der Waals surface area contributed by atoms with Crippen molar-refractivity contribution in [1.82, 2.24) is 14.7 Å². The van der Waals surface area contributed by atoms with Gasteiger partial charge in [0.25, 0.3) is 5.91 Å². The quantitative estimate of drug-likeness (QED) is 0.657. The summed E-state index contributed by atoms with van der Waals surface area (Å²) in [5.74, 6) is -0.0349. The van der Waals surface area contributed by atoms with Crippen LogP contribution in [-0.2, 0) is 11.3 Å². The number of likely N-dealkylation sites (N-methyl/N-ethyl adjacent to an activating group) is 1. The number of nitrogens with zero attached hydrogens (tertiary/aromatic N) is 3. The van der Waals surface area contributed by atoms with E-state index in [4.69, 9.17) is 0 Å². The predicted molar refractivity (Wildman–Crippen MR) is 123 cm³/mol. The van der Waals surface area contributed by atoms with Gasteiger partial charge in [-0.25, -0.2) is 4.79 Å². The molecule has 2 heterocycles. The molecule has 2 saturated heterocycles. The van der Waals surface area contributed by atoms with Crippen LogP contribution in [0.15, 0.2) is 60.7 Å². The first-order chi connectivity index (χ1) is 15.0. The van der Waals surface area contributed by atoms with E-state index in [1.54, 1.807) is 4.90 Å². The summed E-state index contributed by atoms with van der Waals surface area (Å²) < 4.78 is 0. The van der Waals surface area contributed by atoms with E-state index in [0.717, 1.165) is 25.2 Å². The van der Waals surface area contributed by atoms with Crippen LogP contribution in [0.5, 0.6) is 0 Å². The van der Waals surface area contributed by atoms with Crippen molar-refractivity contribution in [3.05, 3.63) is 77.4 Å². The number of carbonyl (C=O) groups excluding carboxylic acids is 2. The number of imide groups is 1. The highest BCUT2D eigenvalue weighted by Gasteiger charge is 2.56. The number of rotatable bonds is 6. The lowest BCUT2D eigenvalue weighted by Crippen LogP contribution is -2.56. The Balaban J connectivity index is 1.43. The van der Waals surface area contributed by atoms with Crippen LogP contribution in [0.4, 0.5) is 4.79 Å². The largest absolute Gasteiger partial charge is 0.327 e. The van der Waals surface area contributed by atoms with Crippen LogP contribution in [0.2, 0.25) is 0 Å². The SMILES string of the molecule is CCN1C(=O)N(CC=Cc2ccccc2)C(=O)C12CCN(Cc1cccc(C)c1)CC2. The Bertz CT molecular complexity index is 962. The standard InChI is InChI=1S/C26H31N3O2/c1-3-29-25(31)28(16-8-13-22-10-5-4-6-11-22)24(30)26(29)14-17-27(18-15-26)20-23-12-7-9-21(2)19-23/h4-13,19H,3,14-18,20H2,1-2H3. The van der Waals surface area contributed by atoms with Crippen molar-refractivity contribution >= 4 is 18.0 Å². The molecule has 4 rings (SSSR count). The molecule has 0 atom stereocenters. The van der Waals surface area contributed by atoms with Crippen LogP contribution in [0.25, 0.3) is 6.08 Å². The van der Waals surface area contributed by atoms with Crippen molar-refractivity contribution in [2.24, 2.45) is 0 Å². The predicted octanol–water partition coefficient (Wildman–Crippen LogP) is 4.33. The van der Waals surface area contributed by atoms with Gasteiger partial charge in [0.15, 0.2) is 0 Å². The Kier molecular flexibility index (Phi) is 6.23. The molecule has 2 fully saturated rings. The molecule has 162 valence electrons. The molecule has 31 heavy (non-hydrogen) atoms. The first-order valence-electron chi connectivity index (χ1n) is 11.2. The zero-order chi connectivity index (χ0) is 21.8. The van der Waals surface area contributed by atoms with Crippen LogP contribution in [0.3, 0.4) is 0 Å². The van der Waals surface area contributed by atoms with Gasteiger partial charge in [-0.2, -0.15) is 0 Å². The number of likely N-dealkylation sites (tertiary alicyclic amines) is 1. The number of hydrogen-bond acceptors (Lipinski definition) is 3. The van der Waals surface area contributed by atoms with Crippen LogP contribution >= 0.6 is 0 Å². The highest BCUT2D eigenvalue weighted by atomic mass is 16.2. The zero-order valence-corrected chi connectivity index (χ0v) is 18.5. The number of urea groups is 1. The molecule has 1 spiro atoms. The molecule has 0 N–H and O–H groups in total. The van der Waals surface area contributed by atoms with Gasteiger partial charge in [0, 0.05) is 32.7 Å². The maximum atomic E-state index is 13.4. The minimum absolute atomic E-state index is 0.0349. The van der Waals surface area contributed by atoms with E-state index >= 15 is 0 Å². The van der Waals surface area contributed by atoms with E-state index in [2.05, 4.69) is 36.1 Å². The summed E-state index contributed by atoms with van der Waals surface area (Å²) in [7, 11) is 0. The fourth-order valence-electron chi connectivity index (χ4n) is 4.87. The van der Waals surface area contributed by atoms with E-state index in [1.807, 2.05) is 49.4 Å². The molecule has 2 aliphatic rings. The third-order valence-electron chi connectivity index (χ3n) is 6.51. The van der Waals surface area contributed by atoms with Crippen molar-refractivity contribution in [3.8, 4) is 0 Å². The Morgan fingerprint density at radius 3 is 2.42 bits per heavy atom. The summed E-state index contributed by atoms with van der Waals surface area (Å²) >= 11 is 0. The molecule has 2 aromatic carbocycles. The van der Waals surface area contributed by atoms with Gasteiger partial charge < -0.3 is 4.90 Å². The zero-order valence-electron chi connectivity index (χ0n) is 18.5. The second-order valence-electron chi connectivity index (χ2n) is 8.55. The lowest BCUT2D eigenvalue weighted by Gasteiger charge is -2.42. The molecule has 0 saturated carbocycles. The maximum Gasteiger partial charge on any atom is 0.327 e. The van der Waals surface area contributed by atoms with Crippen LogP contribution in [0.1, 0.15) is 36.5 Å². The third kappa shape index (κ3) is 4.28. The van der Waals surface area contributed by atoms with Gasteiger partial charge in [-0.1, -0.05) is 72.3 Å². The molecule has 5 heteroatoms. The lowest BCUT2D eigenvalue weighted by molar-refractivity contribution is -0.135. The Labute approximate surface area is 184 Å². The second kappa shape index (κ2) is 9.06. The molecule has 5 nitrogen and oxygen atoms in total. The van der Waals surface area contributed by atoms with Gasteiger partial charge in [-0.05, 0) is 37.8 Å². The summed E-state index contributed by atoms with van der Waals surface area (Å²) in [4.78, 5) is 32.1. The molecule has 0 radical (unpaired) electrons. The molecule has 0 aliphatic carbocycles. The average molecular weight is 418 g/mol. The topological polar surface area (TPSA) is 43.9 Å². The minimum Gasteiger partial charge on any atom is -0.310 e. The fourth-order valence-corrected chi connectivity index (χ4v) is 4.87. The summed E-state index contributed by atoms with van der Waals surface area (Å²) in [6, 6.07) is 18.4. The Morgan fingerprint density at radius 1 is 1.00 bits per heavy atom. The van der Waals surface area contributed by atoms with Gasteiger partial charge in [-0.15, -0.1) is 0 Å². The van der Waals surface area contributed by atoms with E-state index < -0.39 is 5.54 Å². The lowest BCUT2D eigenvalue weighted by atomic mass is 9.85. The monoisotopic (exact) mass is 417 g/mol. The summed E-state index contributed by atoms with van der Waals surface area (Å²) in [6.07, 6.45) is 5.25. The Hall–Kier alpha value is -2.92. The van der Waals surface area contributed by atoms with E-state index in [-0.39, 0.29) is 11.9 Å². The summed E-state index contributed by atoms with van der Waals surface area (Å²) in [5.41, 5.74) is 2.94. The van der Waals surface area contributed by atoms with Gasteiger partial charge in [0.1, 0.15) is 5.54 Å². The van der Waals surface area contributed by atoms with Crippen LogP contribution in [-0.4, -0.2) is 58.4 Å². The van der Waals surface area contributed by atoms with Crippen molar-refractivity contribution < 1.29 is 9.59 Å². The van der Waals surface area contributed by atoms with Gasteiger partial charge in [0.2, 0.25) is 0 Å². The van der Waals surface area contributed by atoms with Gasteiger partial charge in [0.05, 0.1) is 0 Å². The third-order valence-corrected chi connectivity index (χ3v) is 6.51. The second-order valence-corrected chi connectivity index (χ2v) is 8.55. The maximum absolute atomic E-state index is 13.4. The normalized spacial score (nSPS) is 19.2. The molecule has 2 aliphatic heterocycles. The summed E-state index contributed by atoms with van der Waals surface area (Å²) in [6.45, 7) is 7.47. The number of aryl methyl sites for hydroxylation is 1. The van der Waals surface area contributed by atoms with Gasteiger partial charge >= 0.3 is 6.03 Å². The first-order valence-corrected chi connectivity index (χ1v) is 11.2. The molecule has 0 unspecified atom stereocenters. The number of hydrogen-bond donors (Lipinski definition) is 0. The smallest absolute Gasteiger partial charge is 0.310 e. The van der Waals surface area contributed by atoms with E-state index in [9.17, 15) is 9.59 Å². The van der Waals surface area contributed by atoms with Crippen LogP contribution in [0, 0.1) is 6.92 Å². The van der Waals surface area contributed by atoms with E-state index in [0.29, 0.717) is 25.9 Å². The fraction of sp³-hybridized carbons (Fsp3) is 0.385. The van der Waals surface area contributed by atoms with Crippen molar-refractivity contribution in [3.63, 3.8) is 0 Å². The van der Waals surface area contributed by atoms with E-state index in [1.165, 1.54) is 16.0 Å². The van der Waals surface area contributed by atoms with Crippen molar-refractivity contribution in [1.29, 1.82) is 0 Å². The Morgan fingerprint density at radius 2 is 1.74 bits per heavy atom. The van der Waals surface area contributed by atoms with Gasteiger partial charge in [-0.3, -0.25) is 14.6 Å². The number of benzene rings is 2. The molecule has 3 amide bonds. The highest BCUT2D eigenvalue weighted by molar-refractivity contribution is 6.07. The molecule has 0 aromatic heterocycles. The number of amides is 3. The highest BCUT2D eigenvalue weighted by Crippen LogP contribution is 2.37. The molecular weight excluding hydrogens is 386 g/mol. The summed E-state index contributed by atoms with van der Waals surface area (Å²) in [5, 5.41) is 0. The van der Waals surface area contributed by atoms with Crippen molar-refractivity contribution in [2.75, 3.05) is 26.2 Å². The van der Waals surface area contributed by atoms with Crippen LogP contribution < -0.4 is 0 Å².